The molecule has 2 unspecified atom stereocenters. The maximum atomic E-state index is 11.5. The number of carbonyl (C=O) groups excluding carboxylic acids is 3. The van der Waals surface area contributed by atoms with Crippen molar-refractivity contribution >= 4 is 41.4 Å². The van der Waals surface area contributed by atoms with Crippen molar-refractivity contribution in [2.24, 2.45) is 5.73 Å². The second-order valence-corrected chi connectivity index (χ2v) is 5.88. The number of amides is 1. The molecule has 0 aliphatic rings. The Labute approximate surface area is 149 Å². The van der Waals surface area contributed by atoms with Crippen LogP contribution in [0.25, 0.3) is 0 Å². The number of carboxylic acids is 2. The Morgan fingerprint density at radius 1 is 1.16 bits per heavy atom. The third-order valence-corrected chi connectivity index (χ3v) is 3.64. The van der Waals surface area contributed by atoms with Gasteiger partial charge in [0.2, 0.25) is 11.7 Å². The van der Waals surface area contributed by atoms with E-state index < -0.39 is 53.9 Å². The van der Waals surface area contributed by atoms with Crippen LogP contribution in [0.1, 0.15) is 26.7 Å². The molecular weight excluding hydrogens is 356 g/mol. The van der Waals surface area contributed by atoms with Gasteiger partial charge in [0.1, 0.15) is 11.3 Å². The van der Waals surface area contributed by atoms with E-state index in [0.29, 0.717) is 11.8 Å². The standard InChI is InChI=1S/C11H16N2O8S.C3H8/c1-21-11(20)7(2-6(14)10(18)19)22-4-5(9(16)17)13-8(15)3-12;1-3-2/h5,7H,2-4,12H2,1H3,(H,13,15)(H,16,17)(H,18,19);3H2,1-2H3. The quantitative estimate of drug-likeness (QED) is 0.279. The molecule has 0 heterocycles. The van der Waals surface area contributed by atoms with Gasteiger partial charge < -0.3 is 26.0 Å². The number of ether oxygens (including phenoxy) is 1. The number of methoxy groups -OCH3 is 1. The first-order chi connectivity index (χ1) is 11.6. The lowest BCUT2D eigenvalue weighted by Gasteiger charge is -2.17. The molecule has 5 N–H and O–H groups in total. The Morgan fingerprint density at radius 2 is 1.68 bits per heavy atom. The summed E-state index contributed by atoms with van der Waals surface area (Å²) in [6, 6.07) is -1.34. The highest BCUT2D eigenvalue weighted by Gasteiger charge is 2.29. The van der Waals surface area contributed by atoms with Gasteiger partial charge in [0, 0.05) is 12.2 Å². The van der Waals surface area contributed by atoms with E-state index >= 15 is 0 Å². The van der Waals surface area contributed by atoms with E-state index in [1.54, 1.807) is 0 Å². The SMILES string of the molecule is CCC.COC(=O)C(CC(=O)C(=O)O)SCC(NC(=O)CN)C(=O)O. The van der Waals surface area contributed by atoms with E-state index in [0.717, 1.165) is 7.11 Å². The fraction of sp³-hybridized carbons (Fsp3) is 0.643. The smallest absolute Gasteiger partial charge is 0.372 e. The third-order valence-electron chi connectivity index (χ3n) is 2.36. The molecule has 0 saturated carbocycles. The fourth-order valence-corrected chi connectivity index (χ4v) is 2.39. The second kappa shape index (κ2) is 14.2. The van der Waals surface area contributed by atoms with Crippen LogP contribution in [-0.4, -0.2) is 70.5 Å². The van der Waals surface area contributed by atoms with Gasteiger partial charge in [-0.2, -0.15) is 0 Å². The normalized spacial score (nSPS) is 12.0. The first-order valence-corrected chi connectivity index (χ1v) is 8.37. The van der Waals surface area contributed by atoms with Crippen LogP contribution < -0.4 is 11.1 Å². The van der Waals surface area contributed by atoms with Gasteiger partial charge in [-0.05, 0) is 0 Å². The van der Waals surface area contributed by atoms with Crippen LogP contribution >= 0.6 is 11.8 Å². The molecule has 0 spiro atoms. The number of hydrogen-bond donors (Lipinski definition) is 4. The minimum absolute atomic E-state index is 0.270. The van der Waals surface area contributed by atoms with Gasteiger partial charge in [-0.25, -0.2) is 9.59 Å². The second-order valence-electron chi connectivity index (χ2n) is 4.65. The van der Waals surface area contributed by atoms with Crippen LogP contribution in [0.5, 0.6) is 0 Å². The van der Waals surface area contributed by atoms with Gasteiger partial charge in [-0.3, -0.25) is 14.4 Å². The Bertz CT molecular complexity index is 483. The molecule has 0 rings (SSSR count). The Kier molecular flexibility index (Phi) is 14.3. The third kappa shape index (κ3) is 12.0. The molecule has 11 heteroatoms. The number of Topliss-reactive ketones (excluding diaryl/α,β-unsaturated/α-hetero) is 1. The average molecular weight is 380 g/mol. The number of ketones is 1. The fourth-order valence-electron chi connectivity index (χ4n) is 1.24. The van der Waals surface area contributed by atoms with E-state index in [-0.39, 0.29) is 5.75 Å². The number of hydrogen-bond acceptors (Lipinski definition) is 8. The summed E-state index contributed by atoms with van der Waals surface area (Å²) in [4.78, 5) is 55.2. The van der Waals surface area contributed by atoms with Crippen LogP contribution in [0.15, 0.2) is 0 Å². The maximum absolute atomic E-state index is 11.5. The minimum atomic E-state index is -1.71. The number of esters is 1. The summed E-state index contributed by atoms with van der Waals surface area (Å²) >= 11 is 0.694. The van der Waals surface area contributed by atoms with Crippen LogP contribution in [0, 0.1) is 0 Å². The lowest BCUT2D eigenvalue weighted by Crippen LogP contribution is -2.45. The molecule has 0 aliphatic carbocycles. The molecule has 1 amide bonds. The van der Waals surface area contributed by atoms with E-state index in [1.807, 2.05) is 0 Å². The summed E-state index contributed by atoms with van der Waals surface area (Å²) in [5.41, 5.74) is 5.05. The van der Waals surface area contributed by atoms with Crippen molar-refractivity contribution in [3.05, 3.63) is 0 Å². The summed E-state index contributed by atoms with van der Waals surface area (Å²) in [7, 11) is 1.05. The molecule has 0 aromatic heterocycles. The zero-order valence-corrected chi connectivity index (χ0v) is 15.1. The molecule has 0 bridgehead atoms. The number of nitrogens with one attached hydrogen (secondary N) is 1. The van der Waals surface area contributed by atoms with Crippen molar-refractivity contribution in [3.63, 3.8) is 0 Å². The number of carboxylic acid groups (broad SMARTS) is 2. The molecule has 144 valence electrons. The van der Waals surface area contributed by atoms with Crippen LogP contribution in [0.2, 0.25) is 0 Å². The summed E-state index contributed by atoms with van der Waals surface area (Å²) in [6.07, 6.45) is 0.601. The number of rotatable bonds is 10. The number of carbonyl (C=O) groups is 5. The Morgan fingerprint density at radius 3 is 2.04 bits per heavy atom. The molecular formula is C14H24N2O8S. The first kappa shape index (κ1) is 25.1. The zero-order chi connectivity index (χ0) is 20.0. The Balaban J connectivity index is 0. The molecule has 0 radical (unpaired) electrons. The van der Waals surface area contributed by atoms with Gasteiger partial charge in [-0.1, -0.05) is 20.3 Å². The van der Waals surface area contributed by atoms with Crippen molar-refractivity contribution < 1.29 is 38.9 Å². The van der Waals surface area contributed by atoms with Gasteiger partial charge in [0.25, 0.3) is 0 Å². The number of aliphatic carboxylic acids is 2. The van der Waals surface area contributed by atoms with Crippen molar-refractivity contribution in [1.82, 2.24) is 5.32 Å². The molecule has 25 heavy (non-hydrogen) atoms. The lowest BCUT2D eigenvalue weighted by atomic mass is 10.2. The highest BCUT2D eigenvalue weighted by Crippen LogP contribution is 2.18. The van der Waals surface area contributed by atoms with Crippen LogP contribution in [0.3, 0.4) is 0 Å². The van der Waals surface area contributed by atoms with Crippen molar-refractivity contribution in [3.8, 4) is 0 Å². The maximum Gasteiger partial charge on any atom is 0.372 e. The largest absolute Gasteiger partial charge is 0.480 e. The van der Waals surface area contributed by atoms with Crippen molar-refractivity contribution in [2.45, 2.75) is 38.0 Å². The van der Waals surface area contributed by atoms with Crippen molar-refractivity contribution in [1.29, 1.82) is 0 Å². The van der Waals surface area contributed by atoms with E-state index in [9.17, 15) is 24.0 Å². The molecule has 0 aliphatic heterocycles. The minimum Gasteiger partial charge on any atom is -0.480 e. The topological polar surface area (TPSA) is 173 Å². The number of nitrogens with two attached hydrogens (primary N) is 1. The van der Waals surface area contributed by atoms with E-state index in [1.165, 1.54) is 6.42 Å². The molecule has 10 nitrogen and oxygen atoms in total. The molecule has 2 atom stereocenters. The average Bonchev–Trinajstić information content (AvgIpc) is 2.56. The summed E-state index contributed by atoms with van der Waals surface area (Å²) in [5.74, 6) is -6.12. The van der Waals surface area contributed by atoms with E-state index in [2.05, 4.69) is 23.9 Å². The van der Waals surface area contributed by atoms with E-state index in [4.69, 9.17) is 15.9 Å². The monoisotopic (exact) mass is 380 g/mol. The summed E-state index contributed by atoms with van der Waals surface area (Å²) in [5, 5.41) is 18.4. The highest BCUT2D eigenvalue weighted by atomic mass is 32.2. The molecule has 0 aromatic rings. The highest BCUT2D eigenvalue weighted by molar-refractivity contribution is 8.00. The molecule has 0 fully saturated rings. The van der Waals surface area contributed by atoms with Crippen LogP contribution in [0.4, 0.5) is 0 Å². The lowest BCUT2D eigenvalue weighted by molar-refractivity contribution is -0.150. The Hall–Kier alpha value is -2.14. The summed E-state index contributed by atoms with van der Waals surface area (Å²) in [6.45, 7) is 3.84. The molecule has 0 saturated heterocycles. The number of thioether (sulfide) groups is 1. The van der Waals surface area contributed by atoms with Gasteiger partial charge in [0.15, 0.2) is 0 Å². The predicted molar refractivity (Wildman–Crippen MR) is 90.1 cm³/mol. The van der Waals surface area contributed by atoms with Gasteiger partial charge >= 0.3 is 17.9 Å². The van der Waals surface area contributed by atoms with Gasteiger partial charge in [0.05, 0.1) is 13.7 Å². The van der Waals surface area contributed by atoms with Gasteiger partial charge in [-0.15, -0.1) is 11.8 Å². The van der Waals surface area contributed by atoms with Crippen LogP contribution in [-0.2, 0) is 28.7 Å². The first-order valence-electron chi connectivity index (χ1n) is 7.32. The predicted octanol–water partition coefficient (Wildman–Crippen LogP) is -0.751. The van der Waals surface area contributed by atoms with Crippen molar-refractivity contribution in [2.75, 3.05) is 19.4 Å². The molecule has 0 aromatic carbocycles. The summed E-state index contributed by atoms with van der Waals surface area (Å²) < 4.78 is 4.43. The zero-order valence-electron chi connectivity index (χ0n) is 14.3.